The first-order valence-electron chi connectivity index (χ1n) is 8.24. The zero-order valence-corrected chi connectivity index (χ0v) is 13.5. The summed E-state index contributed by atoms with van der Waals surface area (Å²) in [7, 11) is 1.95. The van der Waals surface area contributed by atoms with Gasteiger partial charge in [0.15, 0.2) is 0 Å². The van der Waals surface area contributed by atoms with Crippen molar-refractivity contribution in [3.8, 4) is 0 Å². The predicted octanol–water partition coefficient (Wildman–Crippen LogP) is 2.30. The van der Waals surface area contributed by atoms with Gasteiger partial charge in [-0.3, -0.25) is 14.4 Å². The fourth-order valence-corrected chi connectivity index (χ4v) is 4.05. The molecule has 1 saturated heterocycles. The number of benzene rings is 1. The normalized spacial score (nSPS) is 20.3. The summed E-state index contributed by atoms with van der Waals surface area (Å²) >= 11 is 0. The number of aryl methyl sites for hydroxylation is 1. The Morgan fingerprint density at radius 3 is 2.78 bits per heavy atom. The van der Waals surface area contributed by atoms with Crippen molar-refractivity contribution in [3.63, 3.8) is 0 Å². The second kappa shape index (κ2) is 5.49. The molecule has 2 aliphatic rings. The Morgan fingerprint density at radius 1 is 1.26 bits per heavy atom. The summed E-state index contributed by atoms with van der Waals surface area (Å²) < 4.78 is 1.85. The van der Waals surface area contributed by atoms with Crippen LogP contribution in [0.4, 0.5) is 5.69 Å². The predicted molar refractivity (Wildman–Crippen MR) is 89.1 cm³/mol. The molecule has 5 heteroatoms. The molecule has 23 heavy (non-hydrogen) atoms. The fraction of sp³-hybridized carbons (Fsp3) is 0.444. The first-order valence-corrected chi connectivity index (χ1v) is 8.24. The van der Waals surface area contributed by atoms with Gasteiger partial charge in [0.05, 0.1) is 6.20 Å². The standard InChI is InChI=1S/C18H22N4O/c1-21-12-14(11-19-21)13-22-8-6-18(7-9-22)10-17(23)20-16-5-3-2-4-15(16)18/h2-5,11-12H,6-10,13H2,1H3,(H,20,23). The highest BCUT2D eigenvalue weighted by Gasteiger charge is 2.42. The number of likely N-dealkylation sites (tertiary alicyclic amines) is 1. The molecule has 0 unspecified atom stereocenters. The van der Waals surface area contributed by atoms with Crippen LogP contribution in [0, 0.1) is 0 Å². The highest BCUT2D eigenvalue weighted by Crippen LogP contribution is 2.44. The Morgan fingerprint density at radius 2 is 2.04 bits per heavy atom. The highest BCUT2D eigenvalue weighted by atomic mass is 16.1. The molecule has 3 heterocycles. The average molecular weight is 310 g/mol. The van der Waals surface area contributed by atoms with Crippen LogP contribution in [0.3, 0.4) is 0 Å². The van der Waals surface area contributed by atoms with Gasteiger partial charge >= 0.3 is 0 Å². The summed E-state index contributed by atoms with van der Waals surface area (Å²) in [4.78, 5) is 14.6. The van der Waals surface area contributed by atoms with Crippen LogP contribution in [0.25, 0.3) is 0 Å². The van der Waals surface area contributed by atoms with Gasteiger partial charge in [-0.1, -0.05) is 18.2 Å². The molecule has 4 rings (SSSR count). The molecule has 2 aliphatic heterocycles. The monoisotopic (exact) mass is 310 g/mol. The van der Waals surface area contributed by atoms with Crippen LogP contribution in [0.2, 0.25) is 0 Å². The van der Waals surface area contributed by atoms with E-state index < -0.39 is 0 Å². The first kappa shape index (κ1) is 14.5. The fourth-order valence-electron chi connectivity index (χ4n) is 4.05. The molecule has 0 aliphatic carbocycles. The quantitative estimate of drug-likeness (QED) is 0.926. The van der Waals surface area contributed by atoms with Crippen molar-refractivity contribution >= 4 is 11.6 Å². The molecule has 2 aromatic rings. The molecule has 0 bridgehead atoms. The number of para-hydroxylation sites is 1. The Balaban J connectivity index is 1.51. The number of rotatable bonds is 2. The van der Waals surface area contributed by atoms with Gasteiger partial charge in [-0.25, -0.2) is 0 Å². The van der Waals surface area contributed by atoms with Crippen molar-refractivity contribution in [1.82, 2.24) is 14.7 Å². The number of amides is 1. The molecule has 1 N–H and O–H groups in total. The number of hydrogen-bond acceptors (Lipinski definition) is 3. The van der Waals surface area contributed by atoms with Crippen molar-refractivity contribution in [2.24, 2.45) is 7.05 Å². The second-order valence-electron chi connectivity index (χ2n) is 6.85. The van der Waals surface area contributed by atoms with Crippen molar-refractivity contribution in [2.75, 3.05) is 18.4 Å². The van der Waals surface area contributed by atoms with Crippen LogP contribution in [-0.4, -0.2) is 33.7 Å². The van der Waals surface area contributed by atoms with Gasteiger partial charge < -0.3 is 5.32 Å². The Hall–Kier alpha value is -2.14. The largest absolute Gasteiger partial charge is 0.326 e. The van der Waals surface area contributed by atoms with E-state index in [9.17, 15) is 4.79 Å². The number of aromatic nitrogens is 2. The maximum absolute atomic E-state index is 12.1. The van der Waals surface area contributed by atoms with Gasteiger partial charge in [0.2, 0.25) is 5.91 Å². The highest BCUT2D eigenvalue weighted by molar-refractivity contribution is 5.95. The number of carbonyl (C=O) groups is 1. The number of nitrogens with zero attached hydrogens (tertiary/aromatic N) is 3. The van der Waals surface area contributed by atoms with Gasteiger partial charge in [0, 0.05) is 42.9 Å². The van der Waals surface area contributed by atoms with Crippen LogP contribution >= 0.6 is 0 Å². The van der Waals surface area contributed by atoms with E-state index in [0.29, 0.717) is 6.42 Å². The van der Waals surface area contributed by atoms with E-state index in [1.54, 1.807) is 0 Å². The van der Waals surface area contributed by atoms with Crippen LogP contribution in [0.5, 0.6) is 0 Å². The zero-order valence-electron chi connectivity index (χ0n) is 13.5. The maximum Gasteiger partial charge on any atom is 0.225 e. The van der Waals surface area contributed by atoms with Crippen LogP contribution in [-0.2, 0) is 23.8 Å². The lowest BCUT2D eigenvalue weighted by Crippen LogP contribution is -2.46. The van der Waals surface area contributed by atoms with E-state index in [2.05, 4.69) is 33.6 Å². The van der Waals surface area contributed by atoms with E-state index in [0.717, 1.165) is 38.2 Å². The second-order valence-corrected chi connectivity index (χ2v) is 6.85. The zero-order chi connectivity index (χ0) is 15.9. The van der Waals surface area contributed by atoms with Gasteiger partial charge in [-0.15, -0.1) is 0 Å². The van der Waals surface area contributed by atoms with Gasteiger partial charge in [-0.05, 0) is 37.6 Å². The van der Waals surface area contributed by atoms with E-state index in [1.807, 2.05) is 30.1 Å². The molecule has 5 nitrogen and oxygen atoms in total. The van der Waals surface area contributed by atoms with Crippen molar-refractivity contribution < 1.29 is 4.79 Å². The Kier molecular flexibility index (Phi) is 3.45. The van der Waals surface area contributed by atoms with Crippen LogP contribution < -0.4 is 5.32 Å². The van der Waals surface area contributed by atoms with E-state index >= 15 is 0 Å². The van der Waals surface area contributed by atoms with Crippen LogP contribution in [0.15, 0.2) is 36.7 Å². The van der Waals surface area contributed by atoms with Crippen molar-refractivity contribution in [3.05, 3.63) is 47.8 Å². The number of anilines is 1. The third-order valence-corrected chi connectivity index (χ3v) is 5.25. The molecule has 1 fully saturated rings. The van der Waals surface area contributed by atoms with Gasteiger partial charge in [-0.2, -0.15) is 5.10 Å². The third-order valence-electron chi connectivity index (χ3n) is 5.25. The lowest BCUT2D eigenvalue weighted by Gasteiger charge is -2.44. The maximum atomic E-state index is 12.1. The molecule has 1 amide bonds. The first-order chi connectivity index (χ1) is 11.1. The lowest BCUT2D eigenvalue weighted by atomic mass is 9.68. The average Bonchev–Trinajstić information content (AvgIpc) is 2.95. The molecule has 1 aromatic carbocycles. The number of nitrogens with one attached hydrogen (secondary N) is 1. The Labute approximate surface area is 136 Å². The van der Waals surface area contributed by atoms with Gasteiger partial charge in [0.25, 0.3) is 0 Å². The third kappa shape index (κ3) is 2.65. The molecule has 0 radical (unpaired) electrons. The summed E-state index contributed by atoms with van der Waals surface area (Å²) in [6, 6.07) is 8.29. The molecule has 0 saturated carbocycles. The number of hydrogen-bond donors (Lipinski definition) is 1. The summed E-state index contributed by atoms with van der Waals surface area (Å²) in [5.74, 6) is 0.157. The SMILES string of the molecule is Cn1cc(CN2CCC3(CC2)CC(=O)Nc2ccccc23)cn1. The Bertz CT molecular complexity index is 728. The molecular weight excluding hydrogens is 288 g/mol. The topological polar surface area (TPSA) is 50.2 Å². The van der Waals surface area contributed by atoms with E-state index in [1.165, 1.54) is 11.1 Å². The minimum Gasteiger partial charge on any atom is -0.326 e. The smallest absolute Gasteiger partial charge is 0.225 e. The summed E-state index contributed by atoms with van der Waals surface area (Å²) in [6.07, 6.45) is 6.71. The molecular formula is C18H22N4O. The summed E-state index contributed by atoms with van der Waals surface area (Å²) in [6.45, 7) is 2.99. The minimum atomic E-state index is 0.0182. The molecule has 1 aromatic heterocycles. The summed E-state index contributed by atoms with van der Waals surface area (Å²) in [5, 5.41) is 7.26. The molecule has 1 spiro atoms. The van der Waals surface area contributed by atoms with Crippen molar-refractivity contribution in [1.29, 1.82) is 0 Å². The van der Waals surface area contributed by atoms with E-state index in [-0.39, 0.29) is 11.3 Å². The van der Waals surface area contributed by atoms with Gasteiger partial charge in [0.1, 0.15) is 0 Å². The minimum absolute atomic E-state index is 0.0182. The van der Waals surface area contributed by atoms with Crippen LogP contribution in [0.1, 0.15) is 30.4 Å². The van der Waals surface area contributed by atoms with Crippen molar-refractivity contribution in [2.45, 2.75) is 31.2 Å². The summed E-state index contributed by atoms with van der Waals surface area (Å²) in [5.41, 5.74) is 3.60. The number of piperidine rings is 1. The molecule has 0 atom stereocenters. The number of carbonyl (C=O) groups excluding carboxylic acids is 1. The molecule has 120 valence electrons. The van der Waals surface area contributed by atoms with E-state index in [4.69, 9.17) is 0 Å². The number of fused-ring (bicyclic) bond motifs is 2. The lowest BCUT2D eigenvalue weighted by molar-refractivity contribution is -0.118.